The lowest BCUT2D eigenvalue weighted by Gasteiger charge is -2.23. The summed E-state index contributed by atoms with van der Waals surface area (Å²) in [6.07, 6.45) is 1.24. The van der Waals surface area contributed by atoms with Gasteiger partial charge in [0.1, 0.15) is 13.2 Å². The summed E-state index contributed by atoms with van der Waals surface area (Å²) in [5, 5.41) is 11.2. The maximum atomic E-state index is 12.9. The van der Waals surface area contributed by atoms with Gasteiger partial charge in [-0.2, -0.15) is 0 Å². The Kier molecular flexibility index (Phi) is 4.20. The van der Waals surface area contributed by atoms with Crippen molar-refractivity contribution >= 4 is 17.4 Å². The van der Waals surface area contributed by atoms with Crippen LogP contribution in [0.1, 0.15) is 22.3 Å². The van der Waals surface area contributed by atoms with Crippen LogP contribution < -0.4 is 14.4 Å². The molecule has 1 atom stereocenters. The van der Waals surface area contributed by atoms with Crippen molar-refractivity contribution in [2.24, 2.45) is 0 Å². The number of hydrogen-bond acceptors (Lipinski definition) is 5. The zero-order valence-electron chi connectivity index (χ0n) is 14.7. The molecule has 0 fully saturated rings. The molecule has 0 bridgehead atoms. The lowest BCUT2D eigenvalue weighted by molar-refractivity contribution is -0.135. The quantitative estimate of drug-likeness (QED) is 0.651. The number of ketones is 1. The molecule has 0 unspecified atom stereocenters. The van der Waals surface area contributed by atoms with Gasteiger partial charge in [0.05, 0.1) is 12.1 Å². The van der Waals surface area contributed by atoms with Crippen LogP contribution in [0.5, 0.6) is 11.5 Å². The average Bonchev–Trinajstić information content (AvgIpc) is 2.90. The van der Waals surface area contributed by atoms with E-state index in [0.717, 1.165) is 0 Å². The van der Waals surface area contributed by atoms with Gasteiger partial charge in [-0.15, -0.1) is 6.58 Å². The highest BCUT2D eigenvalue weighted by molar-refractivity contribution is 6.11. The normalized spacial score (nSPS) is 20.3. The highest BCUT2D eigenvalue weighted by atomic mass is 16.6. The fourth-order valence-electron chi connectivity index (χ4n) is 3.54. The number of anilines is 1. The van der Waals surface area contributed by atoms with Crippen molar-refractivity contribution in [1.29, 1.82) is 0 Å². The fraction of sp³-hybridized carbons (Fsp3) is 0.238. The van der Waals surface area contributed by atoms with Crippen LogP contribution in [0, 0.1) is 0 Å². The molecule has 4 rings (SSSR count). The molecule has 0 spiro atoms. The van der Waals surface area contributed by atoms with Crippen molar-refractivity contribution in [2.45, 2.75) is 12.0 Å². The number of carbonyl (C=O) groups is 2. The molecule has 2 heterocycles. The van der Waals surface area contributed by atoms with Crippen LogP contribution in [0.3, 0.4) is 0 Å². The van der Waals surface area contributed by atoms with Crippen LogP contribution >= 0.6 is 0 Å². The third-order valence-electron chi connectivity index (χ3n) is 4.83. The molecule has 6 heteroatoms. The molecule has 2 aliphatic rings. The number of rotatable bonds is 5. The molecule has 1 amide bonds. The second kappa shape index (κ2) is 6.55. The zero-order valence-corrected chi connectivity index (χ0v) is 14.7. The van der Waals surface area contributed by atoms with E-state index in [1.807, 2.05) is 0 Å². The molecule has 0 radical (unpaired) electrons. The predicted molar refractivity (Wildman–Crippen MR) is 99.3 cm³/mol. The van der Waals surface area contributed by atoms with E-state index < -0.39 is 11.5 Å². The Hall–Kier alpha value is -3.12. The summed E-state index contributed by atoms with van der Waals surface area (Å²) in [4.78, 5) is 27.2. The number of ether oxygens (including phenoxy) is 2. The molecule has 0 saturated heterocycles. The Balaban J connectivity index is 1.66. The highest BCUT2D eigenvalue weighted by Gasteiger charge is 2.50. The van der Waals surface area contributed by atoms with Crippen molar-refractivity contribution < 1.29 is 24.2 Å². The Morgan fingerprint density at radius 1 is 1.19 bits per heavy atom. The Bertz CT molecular complexity index is 938. The summed E-state index contributed by atoms with van der Waals surface area (Å²) in [5.41, 5.74) is -0.507. The van der Waals surface area contributed by atoms with E-state index in [0.29, 0.717) is 41.5 Å². The van der Waals surface area contributed by atoms with Crippen molar-refractivity contribution in [1.82, 2.24) is 0 Å². The summed E-state index contributed by atoms with van der Waals surface area (Å²) >= 11 is 0. The van der Waals surface area contributed by atoms with Crippen LogP contribution in [0.25, 0.3) is 0 Å². The molecule has 0 aliphatic carbocycles. The van der Waals surface area contributed by atoms with Gasteiger partial charge in [-0.3, -0.25) is 9.59 Å². The number of benzene rings is 2. The van der Waals surface area contributed by atoms with Gasteiger partial charge in [-0.25, -0.2) is 0 Å². The molecule has 1 N–H and O–H groups in total. The SMILES string of the molecule is C=CCN1C(=O)[C@](O)(CC(=O)c2ccc3c(c2)OCCO3)c2ccccc21. The number of Topliss-reactive ketones (excluding diaryl/α,β-unsaturated/α-hetero) is 1. The minimum absolute atomic E-state index is 0.260. The molecule has 27 heavy (non-hydrogen) atoms. The van der Waals surface area contributed by atoms with Gasteiger partial charge in [0.2, 0.25) is 0 Å². The molecule has 2 aliphatic heterocycles. The summed E-state index contributed by atoms with van der Waals surface area (Å²) in [5.74, 6) is 0.203. The minimum Gasteiger partial charge on any atom is -0.486 e. The van der Waals surface area contributed by atoms with Crippen LogP contribution in [0.2, 0.25) is 0 Å². The first-order valence-electron chi connectivity index (χ1n) is 8.72. The maximum Gasteiger partial charge on any atom is 0.264 e. The average molecular weight is 365 g/mol. The smallest absolute Gasteiger partial charge is 0.264 e. The lowest BCUT2D eigenvalue weighted by atomic mass is 9.88. The van der Waals surface area contributed by atoms with E-state index in [1.165, 1.54) is 4.90 Å². The van der Waals surface area contributed by atoms with E-state index in [2.05, 4.69) is 6.58 Å². The van der Waals surface area contributed by atoms with Crippen LogP contribution in [0.4, 0.5) is 5.69 Å². The Labute approximate surface area is 156 Å². The van der Waals surface area contributed by atoms with Gasteiger partial charge < -0.3 is 19.5 Å². The first-order valence-corrected chi connectivity index (χ1v) is 8.72. The monoisotopic (exact) mass is 365 g/mol. The minimum atomic E-state index is -1.90. The van der Waals surface area contributed by atoms with E-state index >= 15 is 0 Å². The number of para-hydroxylation sites is 1. The number of nitrogens with zero attached hydrogens (tertiary/aromatic N) is 1. The van der Waals surface area contributed by atoms with Crippen LogP contribution in [-0.4, -0.2) is 36.6 Å². The molecule has 138 valence electrons. The fourth-order valence-corrected chi connectivity index (χ4v) is 3.54. The molecule has 0 aromatic heterocycles. The Morgan fingerprint density at radius 3 is 2.70 bits per heavy atom. The van der Waals surface area contributed by atoms with Gasteiger partial charge in [0.15, 0.2) is 22.9 Å². The molecule has 0 saturated carbocycles. The van der Waals surface area contributed by atoms with E-state index in [-0.39, 0.29) is 18.7 Å². The van der Waals surface area contributed by atoms with E-state index in [9.17, 15) is 14.7 Å². The summed E-state index contributed by atoms with van der Waals surface area (Å²) < 4.78 is 11.0. The molecule has 6 nitrogen and oxygen atoms in total. The second-order valence-electron chi connectivity index (χ2n) is 6.54. The van der Waals surface area contributed by atoms with Crippen LogP contribution in [-0.2, 0) is 10.4 Å². The van der Waals surface area contributed by atoms with E-state index in [1.54, 1.807) is 48.5 Å². The molecular weight excluding hydrogens is 346 g/mol. The van der Waals surface area contributed by atoms with Crippen LogP contribution in [0.15, 0.2) is 55.1 Å². The van der Waals surface area contributed by atoms with Gasteiger partial charge in [-0.1, -0.05) is 24.3 Å². The lowest BCUT2D eigenvalue weighted by Crippen LogP contribution is -2.41. The van der Waals surface area contributed by atoms with Gasteiger partial charge in [0, 0.05) is 17.7 Å². The van der Waals surface area contributed by atoms with E-state index in [4.69, 9.17) is 9.47 Å². The number of fused-ring (bicyclic) bond motifs is 2. The number of hydrogen-bond donors (Lipinski definition) is 1. The summed E-state index contributed by atoms with van der Waals surface area (Å²) in [6.45, 7) is 4.80. The Morgan fingerprint density at radius 2 is 1.93 bits per heavy atom. The highest BCUT2D eigenvalue weighted by Crippen LogP contribution is 2.43. The van der Waals surface area contributed by atoms with Crippen molar-refractivity contribution in [2.75, 3.05) is 24.7 Å². The predicted octanol–water partition coefficient (Wildman–Crippen LogP) is 2.45. The van der Waals surface area contributed by atoms with Gasteiger partial charge in [-0.05, 0) is 24.3 Å². The number of aliphatic hydroxyl groups is 1. The van der Waals surface area contributed by atoms with Crippen molar-refractivity contribution in [3.8, 4) is 11.5 Å². The number of carbonyl (C=O) groups excluding carboxylic acids is 2. The standard InChI is InChI=1S/C21H19NO5/c1-2-9-22-16-6-4-3-5-15(16)21(25,20(22)24)13-17(23)14-7-8-18-19(12-14)27-11-10-26-18/h2-8,12,25H,1,9-11,13H2/t21-/m0/s1. The molecule has 2 aromatic rings. The van der Waals surface area contributed by atoms with Gasteiger partial charge >= 0.3 is 0 Å². The zero-order chi connectivity index (χ0) is 19.0. The maximum absolute atomic E-state index is 12.9. The third kappa shape index (κ3) is 2.78. The summed E-state index contributed by atoms with van der Waals surface area (Å²) in [7, 11) is 0. The third-order valence-corrected chi connectivity index (χ3v) is 4.83. The summed E-state index contributed by atoms with van der Waals surface area (Å²) in [6, 6.07) is 11.8. The van der Waals surface area contributed by atoms with Gasteiger partial charge in [0.25, 0.3) is 5.91 Å². The van der Waals surface area contributed by atoms with Crippen molar-refractivity contribution in [3.05, 3.63) is 66.2 Å². The first-order chi connectivity index (χ1) is 13.0. The largest absolute Gasteiger partial charge is 0.486 e. The van der Waals surface area contributed by atoms with Crippen molar-refractivity contribution in [3.63, 3.8) is 0 Å². The molecule has 2 aromatic carbocycles. The first kappa shape index (κ1) is 17.3. The second-order valence-corrected chi connectivity index (χ2v) is 6.54. The number of amides is 1. The topological polar surface area (TPSA) is 76.1 Å². The molecular formula is C21H19NO5.